The van der Waals surface area contributed by atoms with Crippen molar-refractivity contribution in [3.8, 4) is 0 Å². The Balaban J connectivity index is 5.06. The highest BCUT2D eigenvalue weighted by molar-refractivity contribution is 7.80. The van der Waals surface area contributed by atoms with Crippen molar-refractivity contribution in [2.24, 2.45) is 11.7 Å². The quantitative estimate of drug-likeness (QED) is 0.189. The van der Waals surface area contributed by atoms with Crippen molar-refractivity contribution in [3.05, 3.63) is 0 Å². The summed E-state index contributed by atoms with van der Waals surface area (Å²) < 4.78 is 0. The lowest BCUT2D eigenvalue weighted by atomic mass is 10.0. The zero-order valence-corrected chi connectivity index (χ0v) is 15.3. The first-order chi connectivity index (χ1) is 12.0. The minimum atomic E-state index is -1.66. The second kappa shape index (κ2) is 11.3. The maximum absolute atomic E-state index is 12.3. The fraction of sp³-hybridized carbons (Fsp3) is 0.643. The van der Waals surface area contributed by atoms with E-state index >= 15 is 0 Å². The Morgan fingerprint density at radius 1 is 0.962 bits per heavy atom. The molecule has 0 saturated heterocycles. The molecule has 0 aromatic heterocycles. The summed E-state index contributed by atoms with van der Waals surface area (Å²) in [5.74, 6) is -5.57. The normalized spacial score (nSPS) is 14.0. The number of thiol groups is 1. The lowest BCUT2D eigenvalue weighted by molar-refractivity contribution is -0.147. The zero-order chi connectivity index (χ0) is 20.4. The van der Waals surface area contributed by atoms with Crippen LogP contribution < -0.4 is 21.7 Å². The van der Waals surface area contributed by atoms with Crippen LogP contribution in [-0.4, -0.2) is 70.3 Å². The van der Waals surface area contributed by atoms with Crippen molar-refractivity contribution in [1.82, 2.24) is 16.0 Å². The van der Waals surface area contributed by atoms with Gasteiger partial charge in [0.2, 0.25) is 17.7 Å². The van der Waals surface area contributed by atoms with Crippen LogP contribution in [0, 0.1) is 5.92 Å². The average Bonchev–Trinajstić information content (AvgIpc) is 2.55. The van der Waals surface area contributed by atoms with Crippen molar-refractivity contribution in [2.45, 2.75) is 38.4 Å². The van der Waals surface area contributed by atoms with E-state index in [1.165, 1.54) is 0 Å². The fourth-order valence-electron chi connectivity index (χ4n) is 1.87. The molecule has 12 heteroatoms. The topological polar surface area (TPSA) is 188 Å². The van der Waals surface area contributed by atoms with Crippen molar-refractivity contribution in [2.75, 3.05) is 12.3 Å². The first-order valence-corrected chi connectivity index (χ1v) is 8.32. The summed E-state index contributed by atoms with van der Waals surface area (Å²) in [4.78, 5) is 57.5. The van der Waals surface area contributed by atoms with Gasteiger partial charge in [-0.3, -0.25) is 19.2 Å². The summed E-state index contributed by atoms with van der Waals surface area (Å²) in [7, 11) is 0. The van der Waals surface area contributed by atoms with E-state index in [1.54, 1.807) is 13.8 Å². The maximum atomic E-state index is 12.3. The predicted molar refractivity (Wildman–Crippen MR) is 93.4 cm³/mol. The van der Waals surface area contributed by atoms with Crippen LogP contribution in [0.3, 0.4) is 0 Å². The first-order valence-electron chi connectivity index (χ1n) is 7.69. The number of carbonyl (C=O) groups excluding carboxylic acids is 3. The van der Waals surface area contributed by atoms with Gasteiger partial charge in [-0.2, -0.15) is 12.6 Å². The third-order valence-corrected chi connectivity index (χ3v) is 3.63. The van der Waals surface area contributed by atoms with Crippen LogP contribution in [0.5, 0.6) is 0 Å². The molecule has 0 radical (unpaired) electrons. The Kier molecular flexibility index (Phi) is 10.3. The van der Waals surface area contributed by atoms with Gasteiger partial charge < -0.3 is 31.9 Å². The molecule has 148 valence electrons. The minimum Gasteiger partial charge on any atom is -0.481 e. The van der Waals surface area contributed by atoms with E-state index in [0.717, 1.165) is 0 Å². The molecule has 11 nitrogen and oxygen atoms in total. The van der Waals surface area contributed by atoms with E-state index in [1.807, 2.05) is 5.32 Å². The van der Waals surface area contributed by atoms with Gasteiger partial charge >= 0.3 is 11.9 Å². The van der Waals surface area contributed by atoms with Crippen molar-refractivity contribution in [1.29, 1.82) is 0 Å². The molecule has 0 spiro atoms. The zero-order valence-electron chi connectivity index (χ0n) is 14.4. The molecule has 0 aromatic carbocycles. The molecule has 0 aromatic rings. The van der Waals surface area contributed by atoms with Gasteiger partial charge in [0, 0.05) is 5.75 Å². The average molecular weight is 392 g/mol. The van der Waals surface area contributed by atoms with Crippen LogP contribution >= 0.6 is 12.6 Å². The summed E-state index contributed by atoms with van der Waals surface area (Å²) in [6, 6.07) is -3.84. The number of hydrogen-bond donors (Lipinski definition) is 7. The SMILES string of the molecule is CC(C)C(NC(=O)CN)C(=O)NC(CS)C(=O)NC(CC(=O)O)C(=O)O. The second-order valence-corrected chi connectivity index (χ2v) is 6.10. The number of nitrogens with two attached hydrogens (primary N) is 1. The van der Waals surface area contributed by atoms with Gasteiger partial charge in [0.1, 0.15) is 18.1 Å². The molecule has 7 N–H and O–H groups in total. The molecule has 0 rings (SSSR count). The number of carbonyl (C=O) groups is 5. The lowest BCUT2D eigenvalue weighted by Gasteiger charge is -2.25. The number of hydrogen-bond acceptors (Lipinski definition) is 7. The van der Waals surface area contributed by atoms with Crippen molar-refractivity contribution >= 4 is 42.3 Å². The van der Waals surface area contributed by atoms with Gasteiger partial charge in [-0.1, -0.05) is 13.8 Å². The number of rotatable bonds is 11. The molecule has 0 saturated carbocycles. The number of carboxylic acid groups (broad SMARTS) is 2. The van der Waals surface area contributed by atoms with Crippen molar-refractivity contribution in [3.63, 3.8) is 0 Å². The highest BCUT2D eigenvalue weighted by Crippen LogP contribution is 2.03. The third-order valence-electron chi connectivity index (χ3n) is 3.26. The number of amides is 3. The highest BCUT2D eigenvalue weighted by Gasteiger charge is 2.30. The number of carboxylic acids is 2. The smallest absolute Gasteiger partial charge is 0.326 e. The Hall–Kier alpha value is -2.34. The van der Waals surface area contributed by atoms with E-state index in [4.69, 9.17) is 15.9 Å². The Bertz CT molecular complexity index is 555. The number of nitrogens with one attached hydrogen (secondary N) is 3. The van der Waals surface area contributed by atoms with Crippen LogP contribution in [-0.2, 0) is 24.0 Å². The van der Waals surface area contributed by atoms with E-state index < -0.39 is 54.2 Å². The Morgan fingerprint density at radius 2 is 1.50 bits per heavy atom. The van der Waals surface area contributed by atoms with Gasteiger partial charge in [-0.25, -0.2) is 4.79 Å². The van der Waals surface area contributed by atoms with E-state index in [-0.39, 0.29) is 18.2 Å². The van der Waals surface area contributed by atoms with Crippen LogP contribution in [0.4, 0.5) is 0 Å². The largest absolute Gasteiger partial charge is 0.481 e. The minimum absolute atomic E-state index is 0.174. The summed E-state index contributed by atoms with van der Waals surface area (Å²) in [6.07, 6.45) is -0.824. The first kappa shape index (κ1) is 23.7. The maximum Gasteiger partial charge on any atom is 0.326 e. The van der Waals surface area contributed by atoms with E-state index in [0.29, 0.717) is 0 Å². The van der Waals surface area contributed by atoms with Gasteiger partial charge in [0.05, 0.1) is 13.0 Å². The molecule has 0 aliphatic carbocycles. The second-order valence-electron chi connectivity index (χ2n) is 5.73. The van der Waals surface area contributed by atoms with E-state index in [2.05, 4.69) is 23.3 Å². The summed E-state index contributed by atoms with van der Waals surface area (Å²) in [6.45, 7) is 3.02. The van der Waals surface area contributed by atoms with Gasteiger partial charge in [-0.05, 0) is 5.92 Å². The Morgan fingerprint density at radius 3 is 1.88 bits per heavy atom. The third kappa shape index (κ3) is 8.16. The highest BCUT2D eigenvalue weighted by atomic mass is 32.1. The van der Waals surface area contributed by atoms with Crippen LogP contribution in [0.1, 0.15) is 20.3 Å². The van der Waals surface area contributed by atoms with Crippen LogP contribution in [0.2, 0.25) is 0 Å². The summed E-state index contributed by atoms with van der Waals surface area (Å²) in [5, 5.41) is 24.4. The molecule has 3 amide bonds. The monoisotopic (exact) mass is 392 g/mol. The van der Waals surface area contributed by atoms with Gasteiger partial charge in [0.25, 0.3) is 0 Å². The van der Waals surface area contributed by atoms with Crippen molar-refractivity contribution < 1.29 is 34.2 Å². The standard InChI is InChI=1S/C14H24N4O7S/c1-6(2)11(18-9(19)4-15)13(23)17-8(5-26)12(22)16-7(14(24)25)3-10(20)21/h6-8,11,26H,3-5,15H2,1-2H3,(H,16,22)(H,17,23)(H,18,19)(H,20,21)(H,24,25). The van der Waals surface area contributed by atoms with Crippen LogP contribution in [0.25, 0.3) is 0 Å². The number of aliphatic carboxylic acids is 2. The predicted octanol–water partition coefficient (Wildman–Crippen LogP) is -2.46. The van der Waals surface area contributed by atoms with E-state index in [9.17, 15) is 24.0 Å². The summed E-state index contributed by atoms with van der Waals surface area (Å²) in [5.41, 5.74) is 5.20. The molecule has 26 heavy (non-hydrogen) atoms. The molecular weight excluding hydrogens is 368 g/mol. The molecule has 0 aliphatic heterocycles. The lowest BCUT2D eigenvalue weighted by Crippen LogP contribution is -2.58. The molecule has 0 fully saturated rings. The fourth-order valence-corrected chi connectivity index (χ4v) is 2.13. The van der Waals surface area contributed by atoms with Crippen LogP contribution in [0.15, 0.2) is 0 Å². The van der Waals surface area contributed by atoms with Gasteiger partial charge in [0.15, 0.2) is 0 Å². The molecule has 3 unspecified atom stereocenters. The molecule has 0 bridgehead atoms. The van der Waals surface area contributed by atoms with Gasteiger partial charge in [-0.15, -0.1) is 0 Å². The molecule has 0 aliphatic rings. The Labute approximate surface area is 155 Å². The molecule has 3 atom stereocenters. The molecule has 0 heterocycles. The molecular formula is C14H24N4O7S. The summed E-state index contributed by atoms with van der Waals surface area (Å²) >= 11 is 3.94.